The molecule has 0 aliphatic carbocycles. The molecule has 0 amide bonds. The molecule has 17 heavy (non-hydrogen) atoms. The van der Waals surface area contributed by atoms with Gasteiger partial charge in [0.25, 0.3) is 0 Å². The zero-order valence-electron chi connectivity index (χ0n) is 9.21. The molecule has 0 aliphatic heterocycles. The predicted molar refractivity (Wildman–Crippen MR) is 65.7 cm³/mol. The molecule has 2 heterocycles. The van der Waals surface area contributed by atoms with E-state index >= 15 is 0 Å². The molecule has 5 nitrogen and oxygen atoms in total. The van der Waals surface area contributed by atoms with Crippen LogP contribution < -0.4 is 5.73 Å². The van der Waals surface area contributed by atoms with Crippen LogP contribution in [0.1, 0.15) is 17.4 Å². The molecule has 2 N–H and O–H groups in total. The minimum atomic E-state index is -0.433. The van der Waals surface area contributed by atoms with E-state index in [1.807, 2.05) is 0 Å². The summed E-state index contributed by atoms with van der Waals surface area (Å²) in [5.41, 5.74) is 7.10. The molecule has 88 valence electrons. The van der Waals surface area contributed by atoms with Crippen molar-refractivity contribution in [3.63, 3.8) is 0 Å². The van der Waals surface area contributed by atoms with Crippen LogP contribution in [0.2, 0.25) is 0 Å². The van der Waals surface area contributed by atoms with Crippen molar-refractivity contribution in [2.24, 2.45) is 0 Å². The first-order chi connectivity index (χ1) is 8.20. The molecule has 2 aromatic heterocycles. The highest BCUT2D eigenvalue weighted by Crippen LogP contribution is 2.21. The molecular weight excluding hydrogens is 238 g/mol. The normalized spacial score (nSPS) is 10.2. The maximum Gasteiger partial charge on any atom is 0.356 e. The van der Waals surface area contributed by atoms with Crippen LogP contribution in [0.15, 0.2) is 23.6 Å². The van der Waals surface area contributed by atoms with Crippen LogP contribution in [0, 0.1) is 0 Å². The summed E-state index contributed by atoms with van der Waals surface area (Å²) in [5.74, 6) is -0.433. The smallest absolute Gasteiger partial charge is 0.356 e. The lowest BCUT2D eigenvalue weighted by Crippen LogP contribution is -2.07. The Balaban J connectivity index is 2.31. The summed E-state index contributed by atoms with van der Waals surface area (Å²) >= 11 is 1.33. The van der Waals surface area contributed by atoms with Gasteiger partial charge >= 0.3 is 5.97 Å². The van der Waals surface area contributed by atoms with Gasteiger partial charge in [-0.2, -0.15) is 0 Å². The first kappa shape index (κ1) is 11.5. The number of carbonyl (C=O) groups excluding carboxylic acids is 1. The van der Waals surface area contributed by atoms with E-state index in [-0.39, 0.29) is 5.69 Å². The lowest BCUT2D eigenvalue weighted by molar-refractivity contribution is 0.0519. The average molecular weight is 249 g/mol. The summed E-state index contributed by atoms with van der Waals surface area (Å²) in [5, 5.41) is 2.27. The number of aromatic nitrogens is 2. The Morgan fingerprint density at radius 3 is 2.88 bits per heavy atom. The Morgan fingerprint density at radius 2 is 2.24 bits per heavy atom. The number of esters is 1. The summed E-state index contributed by atoms with van der Waals surface area (Å²) in [6.07, 6.45) is 0. The van der Waals surface area contributed by atoms with Gasteiger partial charge in [0.05, 0.1) is 12.3 Å². The summed E-state index contributed by atoms with van der Waals surface area (Å²) < 4.78 is 4.88. The number of hydrogen-bond acceptors (Lipinski definition) is 6. The Kier molecular flexibility index (Phi) is 3.34. The van der Waals surface area contributed by atoms with Crippen LogP contribution in [0.5, 0.6) is 0 Å². The monoisotopic (exact) mass is 249 g/mol. The van der Waals surface area contributed by atoms with Gasteiger partial charge in [-0.3, -0.25) is 0 Å². The number of hydrogen-bond donors (Lipinski definition) is 1. The lowest BCUT2D eigenvalue weighted by atomic mass is 10.2. The molecule has 6 heteroatoms. The van der Waals surface area contributed by atoms with Gasteiger partial charge in [0.2, 0.25) is 0 Å². The molecule has 0 spiro atoms. The molecule has 0 saturated heterocycles. The largest absolute Gasteiger partial charge is 0.461 e. The number of rotatable bonds is 3. The number of carbonyl (C=O) groups is 1. The second kappa shape index (κ2) is 4.92. The number of pyridine rings is 1. The van der Waals surface area contributed by atoms with Crippen molar-refractivity contribution in [1.29, 1.82) is 0 Å². The molecule has 2 rings (SSSR count). The molecule has 0 fully saturated rings. The van der Waals surface area contributed by atoms with Crippen molar-refractivity contribution >= 4 is 22.4 Å². The van der Waals surface area contributed by atoms with Crippen molar-refractivity contribution in [2.45, 2.75) is 6.92 Å². The van der Waals surface area contributed by atoms with Crippen LogP contribution in [-0.4, -0.2) is 22.5 Å². The van der Waals surface area contributed by atoms with Gasteiger partial charge in [-0.25, -0.2) is 14.8 Å². The average Bonchev–Trinajstić information content (AvgIpc) is 2.76. The fourth-order valence-electron chi connectivity index (χ4n) is 1.30. The Morgan fingerprint density at radius 1 is 1.41 bits per heavy atom. The van der Waals surface area contributed by atoms with Crippen molar-refractivity contribution in [1.82, 2.24) is 9.97 Å². The Hall–Kier alpha value is -1.95. The fraction of sp³-hybridized carbons (Fsp3) is 0.182. The summed E-state index contributed by atoms with van der Waals surface area (Å²) in [6.45, 7) is 2.08. The molecule has 0 aromatic carbocycles. The minimum Gasteiger partial charge on any atom is -0.461 e. The molecule has 0 radical (unpaired) electrons. The maximum absolute atomic E-state index is 11.5. The van der Waals surface area contributed by atoms with Crippen molar-refractivity contribution < 1.29 is 9.53 Å². The highest BCUT2D eigenvalue weighted by atomic mass is 32.1. The van der Waals surface area contributed by atoms with Gasteiger partial charge in [0, 0.05) is 5.38 Å². The van der Waals surface area contributed by atoms with E-state index < -0.39 is 5.97 Å². The second-order valence-electron chi connectivity index (χ2n) is 3.20. The zero-order chi connectivity index (χ0) is 12.3. The molecule has 0 bridgehead atoms. The molecular formula is C11H11N3O2S. The highest BCUT2D eigenvalue weighted by molar-refractivity contribution is 7.13. The summed E-state index contributed by atoms with van der Waals surface area (Å²) in [7, 11) is 0. The maximum atomic E-state index is 11.5. The Bertz CT molecular complexity index is 539. The summed E-state index contributed by atoms with van der Waals surface area (Å²) in [4.78, 5) is 19.8. The topological polar surface area (TPSA) is 78.1 Å². The van der Waals surface area contributed by atoms with E-state index in [2.05, 4.69) is 9.97 Å². The summed E-state index contributed by atoms with van der Waals surface area (Å²) in [6, 6.07) is 5.12. The standard InChI is InChI=1S/C11H11N3O2S/c1-2-16-10(15)8-5-3-4-7(13-8)9-6-17-11(12)14-9/h3-6H,2H2,1H3,(H2,12,14). The van der Waals surface area contributed by atoms with Gasteiger partial charge in [0.1, 0.15) is 11.4 Å². The first-order valence-electron chi connectivity index (χ1n) is 5.06. The number of nitrogens with two attached hydrogens (primary N) is 1. The van der Waals surface area contributed by atoms with Gasteiger partial charge in [-0.1, -0.05) is 6.07 Å². The predicted octanol–water partition coefficient (Wildman–Crippen LogP) is 1.96. The lowest BCUT2D eigenvalue weighted by Gasteiger charge is -2.02. The third-order valence-electron chi connectivity index (χ3n) is 2.02. The number of nitrogen functional groups attached to an aromatic ring is 1. The van der Waals surface area contributed by atoms with Gasteiger partial charge < -0.3 is 10.5 Å². The molecule has 0 aliphatic rings. The van der Waals surface area contributed by atoms with Crippen LogP contribution >= 0.6 is 11.3 Å². The van der Waals surface area contributed by atoms with Crippen LogP contribution in [0.4, 0.5) is 5.13 Å². The van der Waals surface area contributed by atoms with Gasteiger partial charge in [0.15, 0.2) is 5.13 Å². The minimum absolute atomic E-state index is 0.274. The third kappa shape index (κ3) is 2.59. The van der Waals surface area contributed by atoms with Crippen LogP contribution in [0.25, 0.3) is 11.4 Å². The second-order valence-corrected chi connectivity index (χ2v) is 4.09. The number of thiazole rings is 1. The zero-order valence-corrected chi connectivity index (χ0v) is 10.0. The quantitative estimate of drug-likeness (QED) is 0.841. The van der Waals surface area contributed by atoms with Gasteiger partial charge in [-0.05, 0) is 19.1 Å². The van der Waals surface area contributed by atoms with Crippen LogP contribution in [-0.2, 0) is 4.74 Å². The van der Waals surface area contributed by atoms with E-state index in [0.29, 0.717) is 23.1 Å². The molecule has 0 unspecified atom stereocenters. The van der Waals surface area contributed by atoms with Crippen molar-refractivity contribution in [3.05, 3.63) is 29.3 Å². The van der Waals surface area contributed by atoms with E-state index in [0.717, 1.165) is 0 Å². The van der Waals surface area contributed by atoms with Gasteiger partial charge in [-0.15, -0.1) is 11.3 Å². The van der Waals surface area contributed by atoms with E-state index in [1.165, 1.54) is 11.3 Å². The van der Waals surface area contributed by atoms with Crippen molar-refractivity contribution in [3.8, 4) is 11.4 Å². The number of nitrogens with zero attached hydrogens (tertiary/aromatic N) is 2. The van der Waals surface area contributed by atoms with E-state index in [9.17, 15) is 4.79 Å². The van der Waals surface area contributed by atoms with Crippen LogP contribution in [0.3, 0.4) is 0 Å². The fourth-order valence-corrected chi connectivity index (χ4v) is 1.86. The van der Waals surface area contributed by atoms with Crippen molar-refractivity contribution in [2.75, 3.05) is 12.3 Å². The third-order valence-corrected chi connectivity index (χ3v) is 2.69. The highest BCUT2D eigenvalue weighted by Gasteiger charge is 2.10. The molecule has 2 aromatic rings. The van der Waals surface area contributed by atoms with E-state index in [1.54, 1.807) is 30.5 Å². The molecule has 0 saturated carbocycles. The molecule has 0 atom stereocenters. The van der Waals surface area contributed by atoms with E-state index in [4.69, 9.17) is 10.5 Å². The first-order valence-corrected chi connectivity index (χ1v) is 5.94. The SMILES string of the molecule is CCOC(=O)c1cccc(-c2csc(N)n2)n1. The Labute approximate surface area is 102 Å². The number of ether oxygens (including phenoxy) is 1. The number of anilines is 1.